The van der Waals surface area contributed by atoms with Crippen LogP contribution in [0.15, 0.2) is 55.0 Å². The summed E-state index contributed by atoms with van der Waals surface area (Å²) in [5.41, 5.74) is 4.97. The summed E-state index contributed by atoms with van der Waals surface area (Å²) in [6.07, 6.45) is 8.82. The van der Waals surface area contributed by atoms with Gasteiger partial charge in [-0.1, -0.05) is 6.08 Å². The molecule has 5 rings (SSSR count). The predicted octanol–water partition coefficient (Wildman–Crippen LogP) is 4.53. The number of nitrogens with zero attached hydrogens (tertiary/aromatic N) is 4. The molecule has 5 nitrogen and oxygen atoms in total. The maximum atomic E-state index is 14.3. The van der Waals surface area contributed by atoms with Gasteiger partial charge < -0.3 is 4.98 Å². The Balaban J connectivity index is 1.38. The Bertz CT molecular complexity index is 1250. The van der Waals surface area contributed by atoms with Gasteiger partial charge in [0, 0.05) is 67.3 Å². The molecule has 0 saturated carbocycles. The summed E-state index contributed by atoms with van der Waals surface area (Å²) >= 11 is 0. The standard InChI is InChI=1S/C23H21F2N5/c1-29-13-16(22(28-29)19-11-17(24)4-5-21(19)25)14-30-9-6-15(7-10-30)20-12-27-23-18(20)3-2-8-26-23/h2-6,8,11-13H,7,9-10,14H2,1H3,(H,26,27). The lowest BCUT2D eigenvalue weighted by Crippen LogP contribution is -2.28. The van der Waals surface area contributed by atoms with E-state index in [-0.39, 0.29) is 5.56 Å². The van der Waals surface area contributed by atoms with Gasteiger partial charge in [-0.15, -0.1) is 0 Å². The van der Waals surface area contributed by atoms with Crippen LogP contribution in [0.2, 0.25) is 0 Å². The molecule has 1 aliphatic heterocycles. The number of aromatic amines is 1. The number of halogens is 2. The Hall–Kier alpha value is -3.32. The summed E-state index contributed by atoms with van der Waals surface area (Å²) < 4.78 is 29.7. The third-order valence-electron chi connectivity index (χ3n) is 5.57. The molecule has 0 fully saturated rings. The largest absolute Gasteiger partial charge is 0.346 e. The van der Waals surface area contributed by atoms with Crippen LogP contribution >= 0.6 is 0 Å². The highest BCUT2D eigenvalue weighted by Crippen LogP contribution is 2.30. The number of rotatable bonds is 4. The molecule has 0 spiro atoms. The molecule has 1 aliphatic rings. The molecule has 0 radical (unpaired) electrons. The molecule has 4 heterocycles. The highest BCUT2D eigenvalue weighted by molar-refractivity contribution is 5.90. The molecule has 4 aromatic rings. The summed E-state index contributed by atoms with van der Waals surface area (Å²) in [4.78, 5) is 9.88. The van der Waals surface area contributed by atoms with Crippen LogP contribution in [-0.4, -0.2) is 37.7 Å². The molecule has 152 valence electrons. The van der Waals surface area contributed by atoms with Crippen molar-refractivity contribution in [2.24, 2.45) is 7.05 Å². The Labute approximate surface area is 172 Å². The minimum Gasteiger partial charge on any atom is -0.346 e. The first-order valence-electron chi connectivity index (χ1n) is 9.90. The van der Waals surface area contributed by atoms with Gasteiger partial charge >= 0.3 is 0 Å². The summed E-state index contributed by atoms with van der Waals surface area (Å²) in [5, 5.41) is 5.53. The van der Waals surface area contributed by atoms with Crippen molar-refractivity contribution in [1.29, 1.82) is 0 Å². The third-order valence-corrected chi connectivity index (χ3v) is 5.57. The summed E-state index contributed by atoms with van der Waals surface area (Å²) in [7, 11) is 1.80. The van der Waals surface area contributed by atoms with Gasteiger partial charge in [-0.05, 0) is 42.3 Å². The Morgan fingerprint density at radius 2 is 2.07 bits per heavy atom. The van der Waals surface area contributed by atoms with Crippen molar-refractivity contribution in [2.75, 3.05) is 13.1 Å². The van der Waals surface area contributed by atoms with Crippen molar-refractivity contribution < 1.29 is 8.78 Å². The molecule has 0 amide bonds. The highest BCUT2D eigenvalue weighted by atomic mass is 19.1. The minimum atomic E-state index is -0.471. The van der Waals surface area contributed by atoms with Gasteiger partial charge in [0.1, 0.15) is 17.3 Å². The summed E-state index contributed by atoms with van der Waals surface area (Å²) in [6.45, 7) is 2.28. The molecule has 7 heteroatoms. The number of nitrogens with one attached hydrogen (secondary N) is 1. The van der Waals surface area contributed by atoms with E-state index < -0.39 is 11.6 Å². The first-order valence-corrected chi connectivity index (χ1v) is 9.90. The fourth-order valence-electron chi connectivity index (χ4n) is 4.12. The second-order valence-electron chi connectivity index (χ2n) is 7.62. The van der Waals surface area contributed by atoms with Gasteiger partial charge in [0.25, 0.3) is 0 Å². The zero-order chi connectivity index (χ0) is 20.7. The number of pyridine rings is 1. The van der Waals surface area contributed by atoms with Gasteiger partial charge in [-0.3, -0.25) is 9.58 Å². The van der Waals surface area contributed by atoms with E-state index in [0.717, 1.165) is 48.2 Å². The monoisotopic (exact) mass is 405 g/mol. The lowest BCUT2D eigenvalue weighted by atomic mass is 9.99. The quantitative estimate of drug-likeness (QED) is 0.543. The van der Waals surface area contributed by atoms with Crippen LogP contribution in [0.4, 0.5) is 8.78 Å². The zero-order valence-corrected chi connectivity index (χ0v) is 16.6. The Morgan fingerprint density at radius 1 is 1.17 bits per heavy atom. The van der Waals surface area contributed by atoms with E-state index in [1.165, 1.54) is 17.2 Å². The first-order chi connectivity index (χ1) is 14.6. The van der Waals surface area contributed by atoms with E-state index in [9.17, 15) is 8.78 Å². The molecular formula is C23H21F2N5. The fourth-order valence-corrected chi connectivity index (χ4v) is 4.12. The smallest absolute Gasteiger partial charge is 0.137 e. The Kier molecular flexibility index (Phi) is 4.67. The summed E-state index contributed by atoms with van der Waals surface area (Å²) in [6, 6.07) is 7.51. The van der Waals surface area contributed by atoms with Crippen molar-refractivity contribution in [3.63, 3.8) is 0 Å². The second kappa shape index (κ2) is 7.50. The number of fused-ring (bicyclic) bond motifs is 1. The number of aryl methyl sites for hydroxylation is 1. The van der Waals surface area contributed by atoms with Gasteiger partial charge in [0.15, 0.2) is 0 Å². The van der Waals surface area contributed by atoms with Crippen LogP contribution in [0.3, 0.4) is 0 Å². The number of aromatic nitrogens is 4. The molecule has 0 atom stereocenters. The molecule has 1 N–H and O–H groups in total. The minimum absolute atomic E-state index is 0.199. The second-order valence-corrected chi connectivity index (χ2v) is 7.62. The van der Waals surface area contributed by atoms with Crippen LogP contribution in [0.1, 0.15) is 17.5 Å². The highest BCUT2D eigenvalue weighted by Gasteiger charge is 2.20. The normalized spacial score (nSPS) is 15.0. The fraction of sp³-hybridized carbons (Fsp3) is 0.217. The van der Waals surface area contributed by atoms with E-state index in [2.05, 4.69) is 32.1 Å². The number of hydrogen-bond donors (Lipinski definition) is 1. The van der Waals surface area contributed by atoms with E-state index >= 15 is 0 Å². The molecule has 0 saturated heterocycles. The third kappa shape index (κ3) is 3.41. The molecular weight excluding hydrogens is 384 g/mol. The SMILES string of the molecule is Cn1cc(CN2CC=C(c3c[nH]c4ncccc34)CC2)c(-c2cc(F)ccc2F)n1. The topological polar surface area (TPSA) is 49.7 Å². The van der Waals surface area contributed by atoms with E-state index in [1.807, 2.05) is 18.5 Å². The van der Waals surface area contributed by atoms with Crippen LogP contribution in [0.25, 0.3) is 27.9 Å². The maximum absolute atomic E-state index is 14.3. The predicted molar refractivity (Wildman–Crippen MR) is 113 cm³/mol. The zero-order valence-electron chi connectivity index (χ0n) is 16.6. The Morgan fingerprint density at radius 3 is 2.90 bits per heavy atom. The van der Waals surface area contributed by atoms with E-state index in [1.54, 1.807) is 17.9 Å². The molecule has 0 bridgehead atoms. The number of benzene rings is 1. The number of hydrogen-bond acceptors (Lipinski definition) is 3. The lowest BCUT2D eigenvalue weighted by Gasteiger charge is -2.26. The average molecular weight is 405 g/mol. The van der Waals surface area contributed by atoms with Crippen LogP contribution in [0.5, 0.6) is 0 Å². The van der Waals surface area contributed by atoms with Gasteiger partial charge in [-0.25, -0.2) is 13.8 Å². The average Bonchev–Trinajstić information content (AvgIpc) is 3.34. The van der Waals surface area contributed by atoms with Crippen molar-refractivity contribution in [2.45, 2.75) is 13.0 Å². The van der Waals surface area contributed by atoms with Gasteiger partial charge in [0.05, 0.1) is 5.69 Å². The van der Waals surface area contributed by atoms with Crippen molar-refractivity contribution in [3.05, 3.63) is 77.8 Å². The molecule has 0 aliphatic carbocycles. The lowest BCUT2D eigenvalue weighted by molar-refractivity contribution is 0.294. The van der Waals surface area contributed by atoms with Crippen LogP contribution in [0, 0.1) is 11.6 Å². The van der Waals surface area contributed by atoms with Gasteiger partial charge in [0.2, 0.25) is 0 Å². The molecule has 1 aromatic carbocycles. The summed E-state index contributed by atoms with van der Waals surface area (Å²) in [5.74, 6) is -0.938. The van der Waals surface area contributed by atoms with Crippen molar-refractivity contribution in [1.82, 2.24) is 24.6 Å². The van der Waals surface area contributed by atoms with Crippen LogP contribution < -0.4 is 0 Å². The molecule has 0 unspecified atom stereocenters. The number of H-pyrrole nitrogens is 1. The molecule has 3 aromatic heterocycles. The van der Waals surface area contributed by atoms with Crippen molar-refractivity contribution in [3.8, 4) is 11.3 Å². The van der Waals surface area contributed by atoms with E-state index in [4.69, 9.17) is 0 Å². The first kappa shape index (κ1) is 18.7. The van der Waals surface area contributed by atoms with Crippen molar-refractivity contribution >= 4 is 16.6 Å². The maximum Gasteiger partial charge on any atom is 0.137 e. The van der Waals surface area contributed by atoms with Gasteiger partial charge in [-0.2, -0.15) is 5.10 Å². The molecule has 30 heavy (non-hydrogen) atoms. The van der Waals surface area contributed by atoms with E-state index in [0.29, 0.717) is 12.2 Å². The van der Waals surface area contributed by atoms with Crippen LogP contribution in [-0.2, 0) is 13.6 Å².